The van der Waals surface area contributed by atoms with Crippen LogP contribution in [0.1, 0.15) is 0 Å². The average molecular weight is 366 g/mol. The first-order chi connectivity index (χ1) is 9.24. The van der Waals surface area contributed by atoms with Crippen molar-refractivity contribution >= 4 is 22.6 Å². The number of hydrogen-bond donors (Lipinski definition) is 1. The molecule has 0 aliphatic rings. The van der Waals surface area contributed by atoms with Gasteiger partial charge in [-0.15, -0.1) is 0 Å². The quantitative estimate of drug-likeness (QED) is 0.702. The van der Waals surface area contributed by atoms with Gasteiger partial charge in [-0.25, -0.2) is 4.98 Å². The van der Waals surface area contributed by atoms with Crippen molar-refractivity contribution in [3.63, 3.8) is 0 Å². The summed E-state index contributed by atoms with van der Waals surface area (Å²) >= 11 is 2.14. The van der Waals surface area contributed by atoms with Gasteiger partial charge in [0.1, 0.15) is 11.4 Å². The maximum atomic E-state index is 9.81. The number of halogens is 1. The zero-order valence-corrected chi connectivity index (χ0v) is 11.6. The van der Waals surface area contributed by atoms with Crippen LogP contribution in [0, 0.1) is 3.57 Å². The number of aromatic nitrogens is 4. The van der Waals surface area contributed by atoms with E-state index in [4.69, 9.17) is 4.52 Å². The van der Waals surface area contributed by atoms with Gasteiger partial charge < -0.3 is 9.63 Å². The topological polar surface area (TPSA) is 84.9 Å². The van der Waals surface area contributed by atoms with Gasteiger partial charge in [-0.05, 0) is 40.8 Å². The number of hydrogen-bond acceptors (Lipinski definition) is 6. The van der Waals surface area contributed by atoms with E-state index in [1.807, 2.05) is 0 Å². The van der Waals surface area contributed by atoms with E-state index in [1.165, 1.54) is 0 Å². The summed E-state index contributed by atoms with van der Waals surface area (Å²) in [7, 11) is 0. The zero-order chi connectivity index (χ0) is 13.2. The van der Waals surface area contributed by atoms with Crippen LogP contribution in [-0.2, 0) is 0 Å². The zero-order valence-electron chi connectivity index (χ0n) is 9.49. The van der Waals surface area contributed by atoms with Crippen LogP contribution in [0.4, 0.5) is 0 Å². The second-order valence-electron chi connectivity index (χ2n) is 3.68. The molecule has 19 heavy (non-hydrogen) atoms. The first-order valence-electron chi connectivity index (χ1n) is 5.33. The molecule has 1 N–H and O–H groups in total. The fourth-order valence-corrected chi connectivity index (χ4v) is 2.02. The lowest BCUT2D eigenvalue weighted by Crippen LogP contribution is -1.86. The predicted octanol–water partition coefficient (Wildman–Crippen LogP) is 2.50. The van der Waals surface area contributed by atoms with Crippen molar-refractivity contribution in [2.24, 2.45) is 0 Å². The lowest BCUT2D eigenvalue weighted by Gasteiger charge is -1.99. The molecule has 2 heterocycles. The van der Waals surface area contributed by atoms with E-state index in [2.05, 4.69) is 42.7 Å². The van der Waals surface area contributed by atoms with Crippen LogP contribution in [0.2, 0.25) is 0 Å². The normalized spacial score (nSPS) is 10.6. The predicted molar refractivity (Wildman–Crippen MR) is 75.1 cm³/mol. The molecule has 0 atom stereocenters. The molecule has 0 fully saturated rings. The third-order valence-electron chi connectivity index (χ3n) is 2.41. The monoisotopic (exact) mass is 366 g/mol. The van der Waals surface area contributed by atoms with Gasteiger partial charge in [-0.2, -0.15) is 4.98 Å². The Morgan fingerprint density at radius 1 is 1.21 bits per heavy atom. The van der Waals surface area contributed by atoms with Crippen LogP contribution in [0.15, 0.2) is 41.3 Å². The summed E-state index contributed by atoms with van der Waals surface area (Å²) in [5.41, 5.74) is 1.01. The van der Waals surface area contributed by atoms with Gasteiger partial charge in [0.25, 0.3) is 5.89 Å². The van der Waals surface area contributed by atoms with E-state index in [1.54, 1.807) is 36.8 Å². The molecule has 0 saturated heterocycles. The standard InChI is InChI=1S/C12H7IN4O2/c13-7-1-2-10(18)8(5-7)12-16-11(17-19-12)9-6-14-3-4-15-9/h1-6,18H. The van der Waals surface area contributed by atoms with Crippen LogP contribution in [-0.4, -0.2) is 25.2 Å². The SMILES string of the molecule is Oc1ccc(I)cc1-c1nc(-c2cnccn2)no1. The summed E-state index contributed by atoms with van der Waals surface area (Å²) < 4.78 is 6.11. The summed E-state index contributed by atoms with van der Waals surface area (Å²) in [6, 6.07) is 5.15. The van der Waals surface area contributed by atoms with Gasteiger partial charge in [0.2, 0.25) is 5.82 Å². The van der Waals surface area contributed by atoms with E-state index < -0.39 is 0 Å². The first-order valence-corrected chi connectivity index (χ1v) is 6.41. The summed E-state index contributed by atoms with van der Waals surface area (Å²) in [4.78, 5) is 12.2. The maximum Gasteiger partial charge on any atom is 0.262 e. The molecule has 0 amide bonds. The minimum atomic E-state index is 0.0924. The second kappa shape index (κ2) is 4.92. The number of benzene rings is 1. The van der Waals surface area contributed by atoms with Crippen LogP contribution >= 0.6 is 22.6 Å². The third-order valence-corrected chi connectivity index (χ3v) is 3.08. The Hall–Kier alpha value is -2.03. The number of aromatic hydroxyl groups is 1. The molecule has 0 aliphatic heterocycles. The molecule has 3 rings (SSSR count). The van der Waals surface area contributed by atoms with E-state index in [0.717, 1.165) is 3.57 Å². The minimum absolute atomic E-state index is 0.0924. The molecule has 7 heteroatoms. The Kier molecular flexibility index (Phi) is 3.11. The van der Waals surface area contributed by atoms with Crippen molar-refractivity contribution in [3.05, 3.63) is 40.4 Å². The van der Waals surface area contributed by atoms with E-state index in [0.29, 0.717) is 17.1 Å². The van der Waals surface area contributed by atoms with Crippen molar-refractivity contribution in [1.29, 1.82) is 0 Å². The minimum Gasteiger partial charge on any atom is -0.507 e. The number of phenols is 1. The Morgan fingerprint density at radius 2 is 2.11 bits per heavy atom. The van der Waals surface area contributed by atoms with Gasteiger partial charge in [-0.1, -0.05) is 5.16 Å². The van der Waals surface area contributed by atoms with E-state index in [9.17, 15) is 5.11 Å². The van der Waals surface area contributed by atoms with Gasteiger partial charge >= 0.3 is 0 Å². The highest BCUT2D eigenvalue weighted by Gasteiger charge is 2.15. The van der Waals surface area contributed by atoms with Crippen molar-refractivity contribution in [2.45, 2.75) is 0 Å². The second-order valence-corrected chi connectivity index (χ2v) is 4.92. The van der Waals surface area contributed by atoms with Crippen LogP contribution in [0.5, 0.6) is 5.75 Å². The fraction of sp³-hybridized carbons (Fsp3) is 0. The van der Waals surface area contributed by atoms with Gasteiger partial charge in [0.05, 0.1) is 11.8 Å². The largest absolute Gasteiger partial charge is 0.507 e. The Balaban J connectivity index is 2.04. The average Bonchev–Trinajstić information content (AvgIpc) is 2.92. The lowest BCUT2D eigenvalue weighted by atomic mass is 10.2. The lowest BCUT2D eigenvalue weighted by molar-refractivity contribution is 0.425. The van der Waals surface area contributed by atoms with Crippen molar-refractivity contribution in [1.82, 2.24) is 20.1 Å². The number of phenolic OH excluding ortho intramolecular Hbond substituents is 1. The summed E-state index contributed by atoms with van der Waals surface area (Å²) in [6.07, 6.45) is 4.66. The summed E-state index contributed by atoms with van der Waals surface area (Å²) in [5, 5.41) is 13.6. The maximum absolute atomic E-state index is 9.81. The van der Waals surface area contributed by atoms with Gasteiger partial charge in [0.15, 0.2) is 0 Å². The van der Waals surface area contributed by atoms with Crippen molar-refractivity contribution in [3.8, 4) is 28.7 Å². The fourth-order valence-electron chi connectivity index (χ4n) is 1.53. The molecule has 1 aromatic carbocycles. The van der Waals surface area contributed by atoms with Gasteiger partial charge in [-0.3, -0.25) is 4.98 Å². The van der Waals surface area contributed by atoms with Crippen molar-refractivity contribution in [2.75, 3.05) is 0 Å². The molecule has 3 aromatic rings. The molecule has 0 aliphatic carbocycles. The molecule has 0 unspecified atom stereocenters. The summed E-state index contributed by atoms with van der Waals surface area (Å²) in [5.74, 6) is 0.674. The molecule has 0 radical (unpaired) electrons. The Morgan fingerprint density at radius 3 is 2.89 bits per heavy atom. The number of nitrogens with zero attached hydrogens (tertiary/aromatic N) is 4. The highest BCUT2D eigenvalue weighted by Crippen LogP contribution is 2.30. The van der Waals surface area contributed by atoms with Crippen LogP contribution in [0.3, 0.4) is 0 Å². The van der Waals surface area contributed by atoms with E-state index >= 15 is 0 Å². The molecule has 2 aromatic heterocycles. The highest BCUT2D eigenvalue weighted by atomic mass is 127. The van der Waals surface area contributed by atoms with E-state index in [-0.39, 0.29) is 11.6 Å². The smallest absolute Gasteiger partial charge is 0.262 e. The third kappa shape index (κ3) is 2.41. The molecule has 94 valence electrons. The molecule has 0 saturated carbocycles. The molecular formula is C12H7IN4O2. The molecule has 0 bridgehead atoms. The van der Waals surface area contributed by atoms with Crippen LogP contribution in [0.25, 0.3) is 23.0 Å². The van der Waals surface area contributed by atoms with Crippen LogP contribution < -0.4 is 0 Å². The molecular weight excluding hydrogens is 359 g/mol. The highest BCUT2D eigenvalue weighted by molar-refractivity contribution is 14.1. The first kappa shape index (κ1) is 12.0. The van der Waals surface area contributed by atoms with Gasteiger partial charge in [0, 0.05) is 16.0 Å². The number of rotatable bonds is 2. The molecule has 6 nitrogen and oxygen atoms in total. The molecule has 0 spiro atoms. The Labute approximate surface area is 121 Å². The summed E-state index contributed by atoms with van der Waals surface area (Å²) in [6.45, 7) is 0. The Bertz CT molecular complexity index is 715. The van der Waals surface area contributed by atoms with Crippen molar-refractivity contribution < 1.29 is 9.63 Å².